The van der Waals surface area contributed by atoms with Crippen LogP contribution in [0.25, 0.3) is 0 Å². The number of aromatic amines is 1. The van der Waals surface area contributed by atoms with Crippen LogP contribution in [0.15, 0.2) is 24.5 Å². The Labute approximate surface area is 42.8 Å². The maximum absolute atomic E-state index is 2.86. The van der Waals surface area contributed by atoms with E-state index in [1.807, 2.05) is 24.5 Å². The van der Waals surface area contributed by atoms with Gasteiger partial charge in [0.25, 0.3) is 0 Å². The topological polar surface area (TPSA) is 15.8 Å². The molecule has 34 valence electrons. The molecule has 0 spiro atoms. The fourth-order valence-corrected chi connectivity index (χ4v) is 0.278. The van der Waals surface area contributed by atoms with Crippen LogP contribution >= 0.6 is 0 Å². The van der Waals surface area contributed by atoms with E-state index in [4.69, 9.17) is 0 Å². The first kappa shape index (κ1) is 5.57. The van der Waals surface area contributed by atoms with Gasteiger partial charge in [0, 0.05) is 12.4 Å². The minimum Gasteiger partial charge on any atom is -1.00 e. The van der Waals surface area contributed by atoms with E-state index in [1.165, 1.54) is 0 Å². The van der Waals surface area contributed by atoms with Gasteiger partial charge in [0.05, 0.1) is 0 Å². The molecule has 1 heterocycles. The van der Waals surface area contributed by atoms with E-state index in [1.54, 1.807) is 0 Å². The summed E-state index contributed by atoms with van der Waals surface area (Å²) in [6.45, 7) is 0. The maximum Gasteiger partial charge on any atom is 0.000496 e. The fourth-order valence-electron chi connectivity index (χ4n) is 0.278. The van der Waals surface area contributed by atoms with Gasteiger partial charge in [0.2, 0.25) is 0 Å². The summed E-state index contributed by atoms with van der Waals surface area (Å²) < 4.78 is 0. The summed E-state index contributed by atoms with van der Waals surface area (Å²) >= 11 is 0. The number of aromatic nitrogens is 1. The molecule has 0 aliphatic rings. The molecule has 2 heteroatoms. The van der Waals surface area contributed by atoms with Crippen LogP contribution in [-0.2, 0) is 0 Å². The molecule has 0 fully saturated rings. The van der Waals surface area contributed by atoms with Crippen LogP contribution in [0, 0.1) is 0 Å². The third-order valence-corrected chi connectivity index (χ3v) is 0.496. The number of hydrogen-bond acceptors (Lipinski definition) is 0. The van der Waals surface area contributed by atoms with Gasteiger partial charge in [-0.05, 0) is 12.1 Å². The van der Waals surface area contributed by atoms with Crippen molar-refractivity contribution in [1.82, 2.24) is 4.98 Å². The predicted octanol–water partition coefficient (Wildman–Crippen LogP) is -1.98. The Hall–Kier alpha value is -0.430. The van der Waals surface area contributed by atoms with Crippen LogP contribution in [0.1, 0.15) is 0 Å². The van der Waals surface area contributed by atoms with Crippen LogP contribution in [0.3, 0.4) is 0 Å². The standard InChI is InChI=1S/C4H5N.ClH/c1-2-4-5-3-1;/h1-5H;1H/p-1. The second-order valence-corrected chi connectivity index (χ2v) is 0.885. The highest BCUT2D eigenvalue weighted by atomic mass is 35.5. The molecule has 1 N–H and O–H groups in total. The third kappa shape index (κ3) is 1.13. The predicted molar refractivity (Wildman–Crippen MR) is 20.8 cm³/mol. The van der Waals surface area contributed by atoms with Crippen molar-refractivity contribution < 1.29 is 12.4 Å². The number of H-pyrrole nitrogens is 1. The molecule has 0 atom stereocenters. The number of hydrogen-bond donors (Lipinski definition) is 1. The molecule has 1 aromatic heterocycles. The molecular weight excluding hydrogens is 97.5 g/mol. The fraction of sp³-hybridized carbons (Fsp3) is 0. The Bertz CT molecular complexity index is 64.0. The van der Waals surface area contributed by atoms with Gasteiger partial charge in [-0.1, -0.05) is 0 Å². The van der Waals surface area contributed by atoms with Gasteiger partial charge in [0.15, 0.2) is 0 Å². The zero-order chi connectivity index (χ0) is 3.54. The third-order valence-electron chi connectivity index (χ3n) is 0.496. The molecule has 0 unspecified atom stereocenters. The molecule has 6 heavy (non-hydrogen) atoms. The van der Waals surface area contributed by atoms with Gasteiger partial charge in [-0.25, -0.2) is 0 Å². The molecule has 0 aliphatic heterocycles. The number of nitrogens with one attached hydrogen (secondary N) is 1. The summed E-state index contributed by atoms with van der Waals surface area (Å²) in [5.41, 5.74) is 0. The van der Waals surface area contributed by atoms with E-state index >= 15 is 0 Å². The second-order valence-electron chi connectivity index (χ2n) is 0.885. The lowest BCUT2D eigenvalue weighted by Gasteiger charge is -1.49. The largest absolute Gasteiger partial charge is 1.00 e. The molecule has 0 saturated heterocycles. The lowest BCUT2D eigenvalue weighted by Crippen LogP contribution is -3.00. The number of rotatable bonds is 0. The first-order valence-electron chi connectivity index (χ1n) is 1.58. The van der Waals surface area contributed by atoms with E-state index in [2.05, 4.69) is 4.98 Å². The summed E-state index contributed by atoms with van der Waals surface area (Å²) in [5.74, 6) is 0. The van der Waals surface area contributed by atoms with E-state index in [9.17, 15) is 0 Å². The zero-order valence-corrected chi connectivity index (χ0v) is 3.94. The molecule has 0 bridgehead atoms. The average molecular weight is 103 g/mol. The number of halogens is 1. The normalized spacial score (nSPS) is 6.67. The van der Waals surface area contributed by atoms with Crippen LogP contribution in [-0.4, -0.2) is 4.98 Å². The minimum absolute atomic E-state index is 0. The van der Waals surface area contributed by atoms with Crippen molar-refractivity contribution in [2.45, 2.75) is 0 Å². The monoisotopic (exact) mass is 102 g/mol. The van der Waals surface area contributed by atoms with E-state index in [0.717, 1.165) is 0 Å². The van der Waals surface area contributed by atoms with Gasteiger partial charge in [0.1, 0.15) is 0 Å². The summed E-state index contributed by atoms with van der Waals surface area (Å²) in [6.07, 6.45) is 3.75. The van der Waals surface area contributed by atoms with Crippen molar-refractivity contribution in [2.24, 2.45) is 0 Å². The quantitative estimate of drug-likeness (QED) is 0.391. The summed E-state index contributed by atoms with van der Waals surface area (Å²) in [7, 11) is 0. The summed E-state index contributed by atoms with van der Waals surface area (Å²) in [6, 6.07) is 3.89. The average Bonchev–Trinajstić information content (AvgIpc) is 1.76. The van der Waals surface area contributed by atoms with Crippen LogP contribution in [0.5, 0.6) is 0 Å². The first-order chi connectivity index (χ1) is 2.50. The molecular formula is C4H5ClN-. The van der Waals surface area contributed by atoms with Crippen molar-refractivity contribution in [2.75, 3.05) is 0 Å². The van der Waals surface area contributed by atoms with Crippen molar-refractivity contribution >= 4 is 0 Å². The zero-order valence-electron chi connectivity index (χ0n) is 3.19. The van der Waals surface area contributed by atoms with E-state index < -0.39 is 0 Å². The van der Waals surface area contributed by atoms with Crippen molar-refractivity contribution in [3.63, 3.8) is 0 Å². The Morgan fingerprint density at radius 1 is 1.00 bits per heavy atom. The van der Waals surface area contributed by atoms with Crippen molar-refractivity contribution in [1.29, 1.82) is 0 Å². The first-order valence-corrected chi connectivity index (χ1v) is 1.58. The molecule has 1 rings (SSSR count). The van der Waals surface area contributed by atoms with Gasteiger partial charge in [-0.2, -0.15) is 0 Å². The Morgan fingerprint density at radius 3 is 1.67 bits per heavy atom. The minimum atomic E-state index is 0. The molecule has 0 aliphatic carbocycles. The summed E-state index contributed by atoms with van der Waals surface area (Å²) in [5, 5.41) is 0. The highest BCUT2D eigenvalue weighted by molar-refractivity contribution is 4.84. The van der Waals surface area contributed by atoms with Crippen LogP contribution in [0.2, 0.25) is 0 Å². The maximum atomic E-state index is 2.86. The molecule has 0 saturated carbocycles. The Balaban J connectivity index is 0.000000250. The highest BCUT2D eigenvalue weighted by Gasteiger charge is 1.55. The van der Waals surface area contributed by atoms with Crippen molar-refractivity contribution in [3.8, 4) is 0 Å². The van der Waals surface area contributed by atoms with E-state index in [-0.39, 0.29) is 12.4 Å². The summed E-state index contributed by atoms with van der Waals surface area (Å²) in [4.78, 5) is 2.86. The van der Waals surface area contributed by atoms with Gasteiger partial charge >= 0.3 is 0 Å². The lowest BCUT2D eigenvalue weighted by molar-refractivity contribution is -0.00000108. The highest BCUT2D eigenvalue weighted by Crippen LogP contribution is 1.72. The molecule has 0 radical (unpaired) electrons. The van der Waals surface area contributed by atoms with Crippen LogP contribution in [0.4, 0.5) is 0 Å². The molecule has 0 aromatic carbocycles. The lowest BCUT2D eigenvalue weighted by atomic mass is 10.7. The molecule has 1 nitrogen and oxygen atoms in total. The Kier molecular flexibility index (Phi) is 2.59. The van der Waals surface area contributed by atoms with E-state index in [0.29, 0.717) is 0 Å². The van der Waals surface area contributed by atoms with Crippen molar-refractivity contribution in [3.05, 3.63) is 24.5 Å². The van der Waals surface area contributed by atoms with Gasteiger partial charge in [-0.3, -0.25) is 0 Å². The van der Waals surface area contributed by atoms with Gasteiger partial charge < -0.3 is 17.4 Å². The molecule has 1 aromatic rings. The van der Waals surface area contributed by atoms with Gasteiger partial charge in [-0.15, -0.1) is 0 Å². The second kappa shape index (κ2) is 2.79. The molecule has 0 amide bonds. The Morgan fingerprint density at radius 2 is 1.50 bits per heavy atom. The SMILES string of the molecule is [Cl-].c1cc[nH]c1. The van der Waals surface area contributed by atoms with Crippen LogP contribution < -0.4 is 12.4 Å². The smallest absolute Gasteiger partial charge is 0.000496 e.